The van der Waals surface area contributed by atoms with E-state index in [1.54, 1.807) is 0 Å². The molecule has 2 aliphatic heterocycles. The van der Waals surface area contributed by atoms with Gasteiger partial charge in [0.05, 0.1) is 35.9 Å². The Bertz CT molecular complexity index is 523. The Labute approximate surface area is 157 Å². The molecule has 26 heavy (non-hydrogen) atoms. The van der Waals surface area contributed by atoms with Crippen LogP contribution in [0.1, 0.15) is 71.6 Å². The number of rotatable bonds is 9. The molecule has 0 radical (unpaired) electrons. The van der Waals surface area contributed by atoms with Crippen molar-refractivity contribution in [2.45, 2.75) is 95.0 Å². The molecule has 2 saturated heterocycles. The smallest absolute Gasteiger partial charge is 0.309 e. The van der Waals surface area contributed by atoms with Gasteiger partial charge in [0.15, 0.2) is 0 Å². The van der Waals surface area contributed by atoms with Crippen LogP contribution in [0.4, 0.5) is 0 Å². The third-order valence-electron chi connectivity index (χ3n) is 7.02. The van der Waals surface area contributed by atoms with Crippen LogP contribution in [0.3, 0.4) is 0 Å². The molecule has 0 aromatic heterocycles. The fraction of sp³-hybridized carbons (Fsp3) is 0.952. The summed E-state index contributed by atoms with van der Waals surface area (Å²) >= 11 is 0. The van der Waals surface area contributed by atoms with Gasteiger partial charge in [-0.25, -0.2) is 0 Å². The van der Waals surface area contributed by atoms with Gasteiger partial charge >= 0.3 is 5.97 Å². The standard InChI is InChI=1S/C21H34O5/c1-20-8-6-15(12-17(20)25-20)14-23-10-4-3-5-11-24-19(22)16-7-9-21(2)18(13-16)26-21/h15-18H,3-14H2,1-2H3. The average molecular weight is 366 g/mol. The van der Waals surface area contributed by atoms with E-state index >= 15 is 0 Å². The zero-order chi connectivity index (χ0) is 18.2. The van der Waals surface area contributed by atoms with Crippen molar-refractivity contribution >= 4 is 5.97 Å². The molecule has 5 heteroatoms. The summed E-state index contributed by atoms with van der Waals surface area (Å²) in [5.74, 6) is 0.696. The summed E-state index contributed by atoms with van der Waals surface area (Å²) in [6.07, 6.45) is 10.1. The maximum atomic E-state index is 12.1. The number of hydrogen-bond acceptors (Lipinski definition) is 5. The maximum absolute atomic E-state index is 12.1. The average Bonchev–Trinajstić information content (AvgIpc) is 3.49. The van der Waals surface area contributed by atoms with Crippen molar-refractivity contribution in [2.24, 2.45) is 11.8 Å². The van der Waals surface area contributed by atoms with Gasteiger partial charge in [0.2, 0.25) is 0 Å². The van der Waals surface area contributed by atoms with Crippen molar-refractivity contribution in [3.05, 3.63) is 0 Å². The Balaban J connectivity index is 0.976. The maximum Gasteiger partial charge on any atom is 0.309 e. The molecular formula is C21H34O5. The molecular weight excluding hydrogens is 332 g/mol. The Morgan fingerprint density at radius 3 is 2.38 bits per heavy atom. The summed E-state index contributed by atoms with van der Waals surface area (Å²) in [5.41, 5.74) is 0.274. The van der Waals surface area contributed by atoms with E-state index in [9.17, 15) is 4.79 Å². The molecule has 0 aromatic carbocycles. The van der Waals surface area contributed by atoms with Gasteiger partial charge in [-0.05, 0) is 77.6 Å². The highest BCUT2D eigenvalue weighted by Crippen LogP contribution is 2.50. The fourth-order valence-corrected chi connectivity index (χ4v) is 4.75. The molecule has 4 aliphatic rings. The van der Waals surface area contributed by atoms with E-state index < -0.39 is 0 Å². The van der Waals surface area contributed by atoms with E-state index in [1.807, 2.05) is 0 Å². The fourth-order valence-electron chi connectivity index (χ4n) is 4.75. The molecule has 6 atom stereocenters. The third-order valence-corrected chi connectivity index (χ3v) is 7.02. The van der Waals surface area contributed by atoms with Crippen molar-refractivity contribution in [2.75, 3.05) is 19.8 Å². The number of unbranched alkanes of at least 4 members (excludes halogenated alkanes) is 2. The largest absolute Gasteiger partial charge is 0.465 e. The summed E-state index contributed by atoms with van der Waals surface area (Å²) in [6.45, 7) is 6.60. The van der Waals surface area contributed by atoms with Crippen LogP contribution in [-0.2, 0) is 23.7 Å². The number of hydrogen-bond donors (Lipinski definition) is 0. The highest BCUT2D eigenvalue weighted by molar-refractivity contribution is 5.72. The monoisotopic (exact) mass is 366 g/mol. The summed E-state index contributed by atoms with van der Waals surface area (Å²) in [5, 5.41) is 0. The highest BCUT2D eigenvalue weighted by Gasteiger charge is 2.56. The summed E-state index contributed by atoms with van der Waals surface area (Å²) in [7, 11) is 0. The first-order valence-electron chi connectivity index (χ1n) is 10.6. The molecule has 2 saturated carbocycles. The normalized spacial score (nSPS) is 43.3. The molecule has 148 valence electrons. The zero-order valence-electron chi connectivity index (χ0n) is 16.3. The van der Waals surface area contributed by atoms with Crippen molar-refractivity contribution < 1.29 is 23.7 Å². The SMILES string of the molecule is CC12CCC(COCCCCCOC(=O)C3CCC4(C)OC4C3)CC1O2. The molecule has 2 aliphatic carbocycles. The van der Waals surface area contributed by atoms with Gasteiger partial charge in [-0.2, -0.15) is 0 Å². The first-order valence-corrected chi connectivity index (χ1v) is 10.6. The van der Waals surface area contributed by atoms with Gasteiger partial charge < -0.3 is 18.9 Å². The van der Waals surface area contributed by atoms with E-state index in [-0.39, 0.29) is 29.2 Å². The lowest BCUT2D eigenvalue weighted by Crippen LogP contribution is -2.28. The number of fused-ring (bicyclic) bond motifs is 2. The van der Waals surface area contributed by atoms with Gasteiger partial charge in [-0.1, -0.05) is 0 Å². The quantitative estimate of drug-likeness (QED) is 0.354. The van der Waals surface area contributed by atoms with E-state index in [1.165, 1.54) is 19.3 Å². The minimum Gasteiger partial charge on any atom is -0.465 e. The Kier molecular flexibility index (Phi) is 5.32. The molecule has 0 N–H and O–H groups in total. The van der Waals surface area contributed by atoms with E-state index in [4.69, 9.17) is 18.9 Å². The second-order valence-corrected chi connectivity index (χ2v) is 9.25. The van der Waals surface area contributed by atoms with Crippen LogP contribution in [0.15, 0.2) is 0 Å². The minimum atomic E-state index is -0.0228. The third kappa shape index (κ3) is 4.26. The molecule has 0 aromatic rings. The Morgan fingerprint density at radius 2 is 1.65 bits per heavy atom. The van der Waals surface area contributed by atoms with Crippen LogP contribution in [0.25, 0.3) is 0 Å². The molecule has 0 bridgehead atoms. The van der Waals surface area contributed by atoms with Crippen molar-refractivity contribution in [1.29, 1.82) is 0 Å². The van der Waals surface area contributed by atoms with Gasteiger partial charge in [-0.15, -0.1) is 0 Å². The summed E-state index contributed by atoms with van der Waals surface area (Å²) < 4.78 is 22.7. The lowest BCUT2D eigenvalue weighted by molar-refractivity contribution is -0.149. The van der Waals surface area contributed by atoms with Crippen molar-refractivity contribution in [1.82, 2.24) is 0 Å². The predicted octanol–water partition coefficient (Wildman–Crippen LogP) is 3.63. The van der Waals surface area contributed by atoms with Gasteiger partial charge in [0.25, 0.3) is 0 Å². The lowest BCUT2D eigenvalue weighted by Gasteiger charge is -2.22. The van der Waals surface area contributed by atoms with E-state index in [2.05, 4.69) is 13.8 Å². The second-order valence-electron chi connectivity index (χ2n) is 9.25. The molecule has 4 fully saturated rings. The lowest BCUT2D eigenvalue weighted by atomic mass is 9.83. The van der Waals surface area contributed by atoms with Crippen LogP contribution in [-0.4, -0.2) is 49.2 Å². The molecule has 5 nitrogen and oxygen atoms in total. The van der Waals surface area contributed by atoms with E-state index in [0.29, 0.717) is 18.6 Å². The van der Waals surface area contributed by atoms with Crippen LogP contribution < -0.4 is 0 Å². The van der Waals surface area contributed by atoms with Gasteiger partial charge in [-0.3, -0.25) is 4.79 Å². The van der Waals surface area contributed by atoms with Gasteiger partial charge in [0, 0.05) is 13.2 Å². The number of carbonyl (C=O) groups excluding carboxylic acids is 1. The molecule has 4 rings (SSSR count). The zero-order valence-corrected chi connectivity index (χ0v) is 16.3. The number of ether oxygens (including phenoxy) is 4. The van der Waals surface area contributed by atoms with Crippen LogP contribution in [0.2, 0.25) is 0 Å². The Hall–Kier alpha value is -0.650. The molecule has 0 spiro atoms. The predicted molar refractivity (Wildman–Crippen MR) is 96.9 cm³/mol. The molecule has 2 heterocycles. The summed E-state index contributed by atoms with van der Waals surface area (Å²) in [4.78, 5) is 12.1. The number of esters is 1. The van der Waals surface area contributed by atoms with E-state index in [0.717, 1.165) is 51.7 Å². The molecule has 0 amide bonds. The number of carbonyl (C=O) groups is 1. The van der Waals surface area contributed by atoms with Crippen LogP contribution in [0.5, 0.6) is 0 Å². The van der Waals surface area contributed by atoms with Crippen molar-refractivity contribution in [3.63, 3.8) is 0 Å². The topological polar surface area (TPSA) is 60.6 Å². The first kappa shape index (κ1) is 18.7. The first-order chi connectivity index (χ1) is 12.5. The Morgan fingerprint density at radius 1 is 0.962 bits per heavy atom. The highest BCUT2D eigenvalue weighted by atomic mass is 16.6. The summed E-state index contributed by atoms with van der Waals surface area (Å²) in [6, 6.07) is 0. The van der Waals surface area contributed by atoms with Crippen molar-refractivity contribution in [3.8, 4) is 0 Å². The van der Waals surface area contributed by atoms with Gasteiger partial charge in [0.1, 0.15) is 0 Å². The van der Waals surface area contributed by atoms with Crippen LogP contribution >= 0.6 is 0 Å². The molecule has 6 unspecified atom stereocenters. The van der Waals surface area contributed by atoms with Crippen LogP contribution in [0, 0.1) is 11.8 Å². The number of epoxide rings is 2. The minimum absolute atomic E-state index is 0.0228. The second kappa shape index (κ2) is 7.40.